The van der Waals surface area contributed by atoms with Crippen LogP contribution in [-0.2, 0) is 19.2 Å². The van der Waals surface area contributed by atoms with Crippen LogP contribution in [0.3, 0.4) is 0 Å². The van der Waals surface area contributed by atoms with Crippen molar-refractivity contribution in [3.05, 3.63) is 41.0 Å². The van der Waals surface area contributed by atoms with Crippen LogP contribution in [0, 0.1) is 12.3 Å². The molecule has 1 aliphatic heterocycles. The van der Waals surface area contributed by atoms with Crippen LogP contribution in [0.1, 0.15) is 71.2 Å². The number of benzene rings is 1. The van der Waals surface area contributed by atoms with Gasteiger partial charge in [-0.1, -0.05) is 52.0 Å². The molecule has 1 aromatic heterocycles. The van der Waals surface area contributed by atoms with Crippen molar-refractivity contribution in [3.8, 4) is 10.4 Å². The van der Waals surface area contributed by atoms with E-state index in [4.69, 9.17) is 0 Å². The molecule has 0 spiro atoms. The van der Waals surface area contributed by atoms with E-state index in [1.807, 2.05) is 58.9 Å². The number of aromatic nitrogens is 1. The molecule has 0 saturated carbocycles. The van der Waals surface area contributed by atoms with Gasteiger partial charge in [-0.3, -0.25) is 19.2 Å². The second-order valence-electron chi connectivity index (χ2n) is 11.4. The van der Waals surface area contributed by atoms with Crippen LogP contribution in [0.4, 0.5) is 0 Å². The van der Waals surface area contributed by atoms with Crippen molar-refractivity contribution in [2.75, 3.05) is 13.1 Å². The minimum absolute atomic E-state index is 0.0183. The Morgan fingerprint density at radius 2 is 1.82 bits per heavy atom. The summed E-state index contributed by atoms with van der Waals surface area (Å²) in [6, 6.07) is 5.18. The third-order valence-electron chi connectivity index (χ3n) is 6.92. The third-order valence-corrected chi connectivity index (χ3v) is 7.90. The number of hydrogen-bond donors (Lipinski definition) is 4. The lowest BCUT2D eigenvalue weighted by Gasteiger charge is -2.35. The number of nitrogens with one attached hydrogen (secondary N) is 3. The first kappa shape index (κ1) is 31.2. The Morgan fingerprint density at radius 3 is 2.38 bits per heavy atom. The number of likely N-dealkylation sites (tertiary alicyclic amines) is 1. The lowest BCUT2D eigenvalue weighted by Crippen LogP contribution is -2.57. The van der Waals surface area contributed by atoms with Crippen LogP contribution in [0.5, 0.6) is 0 Å². The summed E-state index contributed by atoms with van der Waals surface area (Å²) in [5.41, 5.74) is 3.84. The molecule has 218 valence electrons. The second kappa shape index (κ2) is 13.4. The number of aliphatic hydroxyl groups excluding tert-OH is 1. The predicted octanol–water partition coefficient (Wildman–Crippen LogP) is 2.70. The van der Waals surface area contributed by atoms with E-state index in [-0.39, 0.29) is 31.2 Å². The SMILES string of the molecule is CCCNC(=O)C[C@H](NC(=O)[C@@H]1C[C@@H](O)CN1C(=O)[C@@H](NC(C)=O)C(C)(C)C)c1ccc(-c2scnc2C)cc1. The summed E-state index contributed by atoms with van der Waals surface area (Å²) in [5.74, 6) is -1.45. The van der Waals surface area contributed by atoms with E-state index in [9.17, 15) is 24.3 Å². The Bertz CT molecular complexity index is 1210. The van der Waals surface area contributed by atoms with Crippen molar-refractivity contribution < 1.29 is 24.3 Å². The van der Waals surface area contributed by atoms with E-state index < -0.39 is 41.5 Å². The fourth-order valence-electron chi connectivity index (χ4n) is 4.81. The van der Waals surface area contributed by atoms with Gasteiger partial charge in [0, 0.05) is 26.4 Å². The summed E-state index contributed by atoms with van der Waals surface area (Å²) < 4.78 is 0. The molecule has 10 nitrogen and oxygen atoms in total. The molecule has 1 aliphatic rings. The summed E-state index contributed by atoms with van der Waals surface area (Å²) in [6.07, 6.45) is -0.0192. The molecular formula is C29H41N5O5S. The molecule has 4 amide bonds. The maximum atomic E-state index is 13.6. The number of carbonyl (C=O) groups excluding carboxylic acids is 4. The van der Waals surface area contributed by atoms with Crippen LogP contribution in [0.2, 0.25) is 0 Å². The molecule has 1 fully saturated rings. The Balaban J connectivity index is 1.85. The van der Waals surface area contributed by atoms with Gasteiger partial charge in [0.05, 0.1) is 34.6 Å². The molecule has 2 aromatic rings. The Labute approximate surface area is 239 Å². The van der Waals surface area contributed by atoms with Gasteiger partial charge in [-0.25, -0.2) is 4.98 Å². The second-order valence-corrected chi connectivity index (χ2v) is 12.3. The summed E-state index contributed by atoms with van der Waals surface area (Å²) in [6.45, 7) is 11.2. The van der Waals surface area contributed by atoms with Crippen molar-refractivity contribution in [2.45, 2.75) is 85.0 Å². The minimum atomic E-state index is -0.943. The molecule has 40 heavy (non-hydrogen) atoms. The number of rotatable bonds is 10. The molecule has 1 saturated heterocycles. The summed E-state index contributed by atoms with van der Waals surface area (Å²) in [7, 11) is 0. The Morgan fingerprint density at radius 1 is 1.15 bits per heavy atom. The van der Waals surface area contributed by atoms with Crippen molar-refractivity contribution in [3.63, 3.8) is 0 Å². The van der Waals surface area contributed by atoms with Gasteiger partial charge in [0.25, 0.3) is 0 Å². The quantitative estimate of drug-likeness (QED) is 0.346. The average Bonchev–Trinajstić information content (AvgIpc) is 3.50. The number of nitrogens with zero attached hydrogens (tertiary/aromatic N) is 2. The topological polar surface area (TPSA) is 141 Å². The molecule has 4 atom stereocenters. The molecule has 0 bridgehead atoms. The van der Waals surface area contributed by atoms with Gasteiger partial charge in [0.1, 0.15) is 12.1 Å². The van der Waals surface area contributed by atoms with Crippen molar-refractivity contribution in [1.29, 1.82) is 0 Å². The van der Waals surface area contributed by atoms with Gasteiger partial charge in [-0.15, -0.1) is 11.3 Å². The minimum Gasteiger partial charge on any atom is -0.391 e. The van der Waals surface area contributed by atoms with E-state index in [1.54, 1.807) is 16.8 Å². The summed E-state index contributed by atoms with van der Waals surface area (Å²) in [5, 5.41) is 19.0. The zero-order chi connectivity index (χ0) is 29.6. The summed E-state index contributed by atoms with van der Waals surface area (Å²) in [4.78, 5) is 58.5. The highest BCUT2D eigenvalue weighted by Gasteiger charge is 2.44. The van der Waals surface area contributed by atoms with E-state index in [0.717, 1.165) is 28.1 Å². The maximum absolute atomic E-state index is 13.6. The highest BCUT2D eigenvalue weighted by atomic mass is 32.1. The van der Waals surface area contributed by atoms with E-state index in [2.05, 4.69) is 20.9 Å². The largest absolute Gasteiger partial charge is 0.391 e. The lowest BCUT2D eigenvalue weighted by atomic mass is 9.85. The lowest BCUT2D eigenvalue weighted by molar-refractivity contribution is -0.144. The van der Waals surface area contributed by atoms with Gasteiger partial charge in [0.2, 0.25) is 23.6 Å². The molecule has 3 rings (SSSR count). The first-order valence-corrected chi connectivity index (χ1v) is 14.5. The van der Waals surface area contributed by atoms with Gasteiger partial charge >= 0.3 is 0 Å². The Kier molecular flexibility index (Phi) is 10.4. The Hall–Kier alpha value is -3.31. The van der Waals surface area contributed by atoms with Crippen molar-refractivity contribution >= 4 is 35.0 Å². The molecule has 0 radical (unpaired) electrons. The number of aryl methyl sites for hydroxylation is 1. The fourth-order valence-corrected chi connectivity index (χ4v) is 5.62. The number of carbonyl (C=O) groups is 4. The van der Waals surface area contributed by atoms with Gasteiger partial charge in [0.15, 0.2) is 0 Å². The molecule has 11 heteroatoms. The zero-order valence-corrected chi connectivity index (χ0v) is 24.9. The van der Waals surface area contributed by atoms with Crippen LogP contribution < -0.4 is 16.0 Å². The predicted molar refractivity (Wildman–Crippen MR) is 154 cm³/mol. The smallest absolute Gasteiger partial charge is 0.246 e. The molecule has 0 unspecified atom stereocenters. The van der Waals surface area contributed by atoms with Crippen LogP contribution in [0.15, 0.2) is 29.8 Å². The third kappa shape index (κ3) is 7.88. The van der Waals surface area contributed by atoms with Crippen LogP contribution in [-0.4, -0.2) is 69.9 Å². The van der Waals surface area contributed by atoms with Gasteiger partial charge in [-0.05, 0) is 29.9 Å². The number of β-amino-alcohol motifs (C(OH)–C–C–N with tert-alkyl or cyclic N) is 1. The number of amides is 4. The molecule has 1 aromatic carbocycles. The van der Waals surface area contributed by atoms with Crippen molar-refractivity contribution in [1.82, 2.24) is 25.8 Å². The standard InChI is InChI=1S/C29H41N5O5S/c1-7-12-30-24(37)14-22(19-8-10-20(11-9-19)25-17(2)31-16-40-25)33-27(38)23-13-21(36)15-34(23)28(39)26(29(4,5)6)32-18(3)35/h8-11,16,21-23,26,36H,7,12-15H2,1-6H3,(H,30,37)(H,32,35)(H,33,38)/t21-,22+,23+,26-/m1/s1. The van der Waals surface area contributed by atoms with E-state index in [1.165, 1.54) is 11.8 Å². The van der Waals surface area contributed by atoms with Crippen LogP contribution in [0.25, 0.3) is 10.4 Å². The molecular weight excluding hydrogens is 530 g/mol. The zero-order valence-electron chi connectivity index (χ0n) is 24.1. The van der Waals surface area contributed by atoms with E-state index >= 15 is 0 Å². The number of aliphatic hydroxyl groups is 1. The van der Waals surface area contributed by atoms with Gasteiger partial charge < -0.3 is 26.0 Å². The molecule has 0 aliphatic carbocycles. The highest BCUT2D eigenvalue weighted by Crippen LogP contribution is 2.30. The number of thiazole rings is 1. The van der Waals surface area contributed by atoms with Gasteiger partial charge in [-0.2, -0.15) is 0 Å². The average molecular weight is 572 g/mol. The first-order chi connectivity index (χ1) is 18.8. The van der Waals surface area contributed by atoms with Crippen LogP contribution >= 0.6 is 11.3 Å². The summed E-state index contributed by atoms with van der Waals surface area (Å²) >= 11 is 1.54. The molecule has 2 heterocycles. The molecule has 4 N–H and O–H groups in total. The fraction of sp³-hybridized carbons (Fsp3) is 0.552. The highest BCUT2D eigenvalue weighted by molar-refractivity contribution is 7.13. The normalized spacial score (nSPS) is 18.6. The van der Waals surface area contributed by atoms with Crippen molar-refractivity contribution in [2.24, 2.45) is 5.41 Å². The monoisotopic (exact) mass is 571 g/mol. The van der Waals surface area contributed by atoms with E-state index in [0.29, 0.717) is 6.54 Å². The first-order valence-electron chi connectivity index (χ1n) is 13.6. The number of hydrogen-bond acceptors (Lipinski definition) is 7. The maximum Gasteiger partial charge on any atom is 0.246 e.